The van der Waals surface area contributed by atoms with E-state index in [1.54, 1.807) is 12.1 Å². The number of ether oxygens (including phenoxy) is 1. The molecule has 0 unspecified atom stereocenters. The molecule has 0 radical (unpaired) electrons. The number of carbonyl (C=O) groups is 2. The summed E-state index contributed by atoms with van der Waals surface area (Å²) in [5, 5.41) is 10.7. The van der Waals surface area contributed by atoms with Gasteiger partial charge >= 0.3 is 12.1 Å². The highest BCUT2D eigenvalue weighted by Gasteiger charge is 2.04. The zero-order chi connectivity index (χ0) is 12.7. The lowest BCUT2D eigenvalue weighted by atomic mass is 10.2. The lowest BCUT2D eigenvalue weighted by Crippen LogP contribution is -2.28. The third-order valence-corrected chi connectivity index (χ3v) is 2.15. The molecular formula is C12H15NO4. The van der Waals surface area contributed by atoms with Crippen molar-refractivity contribution in [2.45, 2.75) is 19.8 Å². The average molecular weight is 237 g/mol. The Hall–Kier alpha value is -2.04. The van der Waals surface area contributed by atoms with Gasteiger partial charge in [0.2, 0.25) is 0 Å². The maximum absolute atomic E-state index is 11.2. The van der Waals surface area contributed by atoms with Gasteiger partial charge in [-0.05, 0) is 24.1 Å². The minimum atomic E-state index is -0.961. The Morgan fingerprint density at radius 3 is 2.47 bits per heavy atom. The van der Waals surface area contributed by atoms with Gasteiger partial charge in [0.25, 0.3) is 0 Å². The number of aryl methyl sites for hydroxylation is 1. The van der Waals surface area contributed by atoms with E-state index in [1.807, 2.05) is 19.1 Å². The Bertz CT molecular complexity index is 386. The number of rotatable bonds is 5. The summed E-state index contributed by atoms with van der Waals surface area (Å²) in [6, 6.07) is 7.16. The van der Waals surface area contributed by atoms with E-state index < -0.39 is 12.1 Å². The van der Waals surface area contributed by atoms with Crippen LogP contribution in [0.3, 0.4) is 0 Å². The Morgan fingerprint density at radius 2 is 1.94 bits per heavy atom. The van der Waals surface area contributed by atoms with Crippen LogP contribution in [0.4, 0.5) is 4.79 Å². The number of nitrogens with one attached hydrogen (secondary N) is 1. The van der Waals surface area contributed by atoms with Gasteiger partial charge in [0.15, 0.2) is 0 Å². The highest BCUT2D eigenvalue weighted by Crippen LogP contribution is 2.12. The van der Waals surface area contributed by atoms with Crippen LogP contribution in [0.1, 0.15) is 18.9 Å². The maximum Gasteiger partial charge on any atom is 0.412 e. The Balaban J connectivity index is 2.37. The predicted molar refractivity (Wildman–Crippen MR) is 62.1 cm³/mol. The van der Waals surface area contributed by atoms with Crippen molar-refractivity contribution in [3.63, 3.8) is 0 Å². The molecule has 0 aliphatic rings. The first-order chi connectivity index (χ1) is 8.11. The standard InChI is InChI=1S/C12H15NO4/c1-2-9-3-5-10(6-4-9)17-12(16)13-8-7-11(14)15/h3-6H,2,7-8H2,1H3,(H,13,16)(H,14,15). The van der Waals surface area contributed by atoms with Crippen LogP contribution in [0.5, 0.6) is 5.75 Å². The van der Waals surface area contributed by atoms with Crippen molar-refractivity contribution < 1.29 is 19.4 Å². The zero-order valence-corrected chi connectivity index (χ0v) is 9.60. The molecule has 5 heteroatoms. The first-order valence-corrected chi connectivity index (χ1v) is 5.38. The van der Waals surface area contributed by atoms with E-state index in [4.69, 9.17) is 9.84 Å². The fourth-order valence-electron chi connectivity index (χ4n) is 1.21. The van der Waals surface area contributed by atoms with Crippen LogP contribution >= 0.6 is 0 Å². The van der Waals surface area contributed by atoms with Crippen molar-refractivity contribution in [1.82, 2.24) is 5.32 Å². The molecule has 0 bridgehead atoms. The number of hydrogen-bond acceptors (Lipinski definition) is 3. The second-order valence-corrected chi connectivity index (χ2v) is 3.46. The van der Waals surface area contributed by atoms with Crippen LogP contribution in [0.2, 0.25) is 0 Å². The van der Waals surface area contributed by atoms with E-state index in [-0.39, 0.29) is 13.0 Å². The summed E-state index contributed by atoms with van der Waals surface area (Å²) in [7, 11) is 0. The molecule has 0 aliphatic carbocycles. The molecule has 0 aromatic heterocycles. The van der Waals surface area contributed by atoms with Gasteiger partial charge in [-0.2, -0.15) is 0 Å². The number of carbonyl (C=O) groups excluding carboxylic acids is 1. The summed E-state index contributed by atoms with van der Waals surface area (Å²) < 4.78 is 4.95. The van der Waals surface area contributed by atoms with Gasteiger partial charge in [0.1, 0.15) is 5.75 Å². The van der Waals surface area contributed by atoms with E-state index >= 15 is 0 Å². The summed E-state index contributed by atoms with van der Waals surface area (Å²) in [6.45, 7) is 2.09. The zero-order valence-electron chi connectivity index (χ0n) is 9.60. The monoisotopic (exact) mass is 237 g/mol. The van der Waals surface area contributed by atoms with Crippen LogP contribution in [-0.2, 0) is 11.2 Å². The van der Waals surface area contributed by atoms with Crippen molar-refractivity contribution in [3.05, 3.63) is 29.8 Å². The predicted octanol–water partition coefficient (Wildman–Crippen LogP) is 1.81. The van der Waals surface area contributed by atoms with Crippen LogP contribution in [-0.4, -0.2) is 23.7 Å². The van der Waals surface area contributed by atoms with Gasteiger partial charge in [0.05, 0.1) is 6.42 Å². The molecule has 5 nitrogen and oxygen atoms in total. The topological polar surface area (TPSA) is 75.6 Å². The second kappa shape index (κ2) is 6.52. The number of amides is 1. The summed E-state index contributed by atoms with van der Waals surface area (Å²) in [5.74, 6) is -0.521. The molecule has 1 amide bonds. The van der Waals surface area contributed by atoms with Gasteiger partial charge in [-0.1, -0.05) is 19.1 Å². The number of carboxylic acid groups (broad SMARTS) is 1. The van der Waals surface area contributed by atoms with Gasteiger partial charge in [-0.15, -0.1) is 0 Å². The fraction of sp³-hybridized carbons (Fsp3) is 0.333. The van der Waals surface area contributed by atoms with Crippen LogP contribution in [0, 0.1) is 0 Å². The summed E-state index contributed by atoms with van der Waals surface area (Å²) in [6.07, 6.45) is 0.157. The first-order valence-electron chi connectivity index (χ1n) is 5.38. The van der Waals surface area contributed by atoms with Crippen molar-refractivity contribution in [1.29, 1.82) is 0 Å². The summed E-state index contributed by atoms with van der Waals surface area (Å²) >= 11 is 0. The number of carboxylic acids is 1. The Kier molecular flexibility index (Phi) is 5.00. The summed E-state index contributed by atoms with van der Waals surface area (Å²) in [4.78, 5) is 21.4. The van der Waals surface area contributed by atoms with Gasteiger partial charge in [-0.3, -0.25) is 4.79 Å². The van der Waals surface area contributed by atoms with Crippen molar-refractivity contribution in [2.24, 2.45) is 0 Å². The fourth-order valence-corrected chi connectivity index (χ4v) is 1.21. The van der Waals surface area contributed by atoms with Gasteiger partial charge in [0, 0.05) is 6.54 Å². The van der Waals surface area contributed by atoms with Gasteiger partial charge < -0.3 is 15.2 Å². The molecular weight excluding hydrogens is 222 g/mol. The molecule has 0 saturated carbocycles. The number of aliphatic carboxylic acids is 1. The third-order valence-electron chi connectivity index (χ3n) is 2.15. The van der Waals surface area contributed by atoms with E-state index in [9.17, 15) is 9.59 Å². The lowest BCUT2D eigenvalue weighted by Gasteiger charge is -2.05. The lowest BCUT2D eigenvalue weighted by molar-refractivity contribution is -0.136. The molecule has 92 valence electrons. The molecule has 17 heavy (non-hydrogen) atoms. The molecule has 0 heterocycles. The molecule has 0 saturated heterocycles. The van der Waals surface area contributed by atoms with Crippen LogP contribution in [0.15, 0.2) is 24.3 Å². The molecule has 0 spiro atoms. The minimum absolute atomic E-state index is 0.0568. The summed E-state index contributed by atoms with van der Waals surface area (Å²) in [5.41, 5.74) is 1.16. The SMILES string of the molecule is CCc1ccc(OC(=O)NCCC(=O)O)cc1. The highest BCUT2D eigenvalue weighted by atomic mass is 16.6. The van der Waals surface area contributed by atoms with Crippen molar-refractivity contribution >= 4 is 12.1 Å². The minimum Gasteiger partial charge on any atom is -0.481 e. The van der Waals surface area contributed by atoms with E-state index in [1.165, 1.54) is 0 Å². The number of hydrogen-bond donors (Lipinski definition) is 2. The molecule has 0 aliphatic heterocycles. The molecule has 0 fully saturated rings. The molecule has 1 rings (SSSR count). The second-order valence-electron chi connectivity index (χ2n) is 3.46. The quantitative estimate of drug-likeness (QED) is 0.818. The third kappa shape index (κ3) is 5.01. The molecule has 2 N–H and O–H groups in total. The molecule has 0 atom stereocenters. The van der Waals surface area contributed by atoms with Crippen molar-refractivity contribution in [2.75, 3.05) is 6.54 Å². The largest absolute Gasteiger partial charge is 0.481 e. The smallest absolute Gasteiger partial charge is 0.412 e. The maximum atomic E-state index is 11.2. The van der Waals surface area contributed by atoms with E-state index in [0.717, 1.165) is 12.0 Å². The Labute approximate surface area is 99.4 Å². The molecule has 1 aromatic rings. The van der Waals surface area contributed by atoms with Crippen LogP contribution in [0.25, 0.3) is 0 Å². The van der Waals surface area contributed by atoms with Crippen molar-refractivity contribution in [3.8, 4) is 5.75 Å². The van der Waals surface area contributed by atoms with Crippen LogP contribution < -0.4 is 10.1 Å². The first kappa shape index (κ1) is 13.0. The van der Waals surface area contributed by atoms with Gasteiger partial charge in [-0.25, -0.2) is 4.79 Å². The average Bonchev–Trinajstić information content (AvgIpc) is 2.29. The van der Waals surface area contributed by atoms with E-state index in [0.29, 0.717) is 5.75 Å². The molecule has 1 aromatic carbocycles. The Morgan fingerprint density at radius 1 is 1.29 bits per heavy atom. The normalized spacial score (nSPS) is 9.71. The highest BCUT2D eigenvalue weighted by molar-refractivity contribution is 5.72. The number of benzene rings is 1. The van der Waals surface area contributed by atoms with E-state index in [2.05, 4.69) is 5.32 Å².